The number of anilines is 2. The van der Waals surface area contributed by atoms with Crippen molar-refractivity contribution in [3.63, 3.8) is 0 Å². The fourth-order valence-corrected chi connectivity index (χ4v) is 2.26. The van der Waals surface area contributed by atoms with Crippen LogP contribution < -0.4 is 26.6 Å². The normalized spacial score (nSPS) is 10.9. The zero-order valence-electron chi connectivity index (χ0n) is 16.5. The highest BCUT2D eigenvalue weighted by molar-refractivity contribution is 5.89. The van der Waals surface area contributed by atoms with E-state index in [0.717, 1.165) is 5.56 Å². The van der Waals surface area contributed by atoms with Gasteiger partial charge in [-0.15, -0.1) is 0 Å². The molecule has 2 aromatic rings. The van der Waals surface area contributed by atoms with Crippen molar-refractivity contribution in [2.45, 2.75) is 33.3 Å². The Morgan fingerprint density at radius 2 is 1.75 bits per heavy atom. The van der Waals surface area contributed by atoms with Gasteiger partial charge in [-0.05, 0) is 75.7 Å². The van der Waals surface area contributed by atoms with E-state index in [0.29, 0.717) is 22.9 Å². The third-order valence-corrected chi connectivity index (χ3v) is 3.39. The van der Waals surface area contributed by atoms with Crippen LogP contribution in [0.15, 0.2) is 42.5 Å². The predicted octanol–water partition coefficient (Wildman–Crippen LogP) is 3.34. The summed E-state index contributed by atoms with van der Waals surface area (Å²) in [6.45, 7) is 7.08. The van der Waals surface area contributed by atoms with Gasteiger partial charge in [-0.25, -0.2) is 10.2 Å². The molecule has 0 unspecified atom stereocenters. The van der Waals surface area contributed by atoms with Crippen LogP contribution in [0.4, 0.5) is 16.2 Å². The lowest BCUT2D eigenvalue weighted by Crippen LogP contribution is -2.44. The van der Waals surface area contributed by atoms with Gasteiger partial charge < -0.3 is 20.5 Å². The van der Waals surface area contributed by atoms with Crippen LogP contribution in [0.3, 0.4) is 0 Å². The maximum absolute atomic E-state index is 11.9. The number of nitrogen functional groups attached to an aromatic ring is 1. The summed E-state index contributed by atoms with van der Waals surface area (Å²) in [5.74, 6) is 0.869. The molecular formula is C20H26N4O4. The van der Waals surface area contributed by atoms with E-state index in [-0.39, 0.29) is 6.54 Å². The molecule has 0 fully saturated rings. The molecule has 2 amide bonds. The Morgan fingerprint density at radius 1 is 1.07 bits per heavy atom. The molecule has 0 heterocycles. The number of rotatable bonds is 6. The van der Waals surface area contributed by atoms with E-state index in [4.69, 9.17) is 15.2 Å². The highest BCUT2D eigenvalue weighted by Crippen LogP contribution is 2.27. The third kappa shape index (κ3) is 7.16. The van der Waals surface area contributed by atoms with E-state index in [1.807, 2.05) is 13.0 Å². The summed E-state index contributed by atoms with van der Waals surface area (Å²) in [6, 6.07) is 11.8. The molecule has 0 aliphatic carbocycles. The van der Waals surface area contributed by atoms with Gasteiger partial charge in [0.1, 0.15) is 23.6 Å². The number of hydrogen-bond donors (Lipinski definition) is 4. The standard InChI is InChI=1S/C20H26N4O4/c1-13-11-14(21)5-10-17(13)27-16-8-6-15(7-9-16)23-19(26)24-22-12-18(25)28-20(2,3)4/h5-11,22H,12,21H2,1-4H3,(H2,23,24,26). The van der Waals surface area contributed by atoms with Gasteiger partial charge in [-0.3, -0.25) is 10.2 Å². The first-order chi connectivity index (χ1) is 13.1. The van der Waals surface area contributed by atoms with Crippen LogP contribution in [0.5, 0.6) is 11.5 Å². The summed E-state index contributed by atoms with van der Waals surface area (Å²) >= 11 is 0. The number of urea groups is 1. The number of esters is 1. The molecule has 0 aliphatic rings. The molecule has 8 nitrogen and oxygen atoms in total. The lowest BCUT2D eigenvalue weighted by atomic mass is 10.2. The second kappa shape index (κ2) is 9.09. The van der Waals surface area contributed by atoms with Crippen molar-refractivity contribution in [2.75, 3.05) is 17.6 Å². The van der Waals surface area contributed by atoms with Crippen LogP contribution >= 0.6 is 0 Å². The highest BCUT2D eigenvalue weighted by atomic mass is 16.6. The lowest BCUT2D eigenvalue weighted by Gasteiger charge is -2.19. The Labute approximate surface area is 164 Å². The minimum Gasteiger partial charge on any atom is -0.459 e. The van der Waals surface area contributed by atoms with Crippen molar-refractivity contribution in [1.82, 2.24) is 10.9 Å². The average molecular weight is 386 g/mol. The number of benzene rings is 2. The number of aryl methyl sites for hydroxylation is 1. The number of hydrazine groups is 1. The summed E-state index contributed by atoms with van der Waals surface area (Å²) in [7, 11) is 0. The minimum atomic E-state index is -0.574. The SMILES string of the molecule is Cc1cc(N)ccc1Oc1ccc(NC(=O)NNCC(=O)OC(C)(C)C)cc1. The Bertz CT molecular complexity index is 829. The third-order valence-electron chi connectivity index (χ3n) is 3.39. The van der Waals surface area contributed by atoms with Crippen molar-refractivity contribution < 1.29 is 19.1 Å². The zero-order chi connectivity index (χ0) is 20.7. The quantitative estimate of drug-likeness (QED) is 0.344. The minimum absolute atomic E-state index is 0.140. The van der Waals surface area contributed by atoms with Gasteiger partial charge in [-0.2, -0.15) is 0 Å². The molecule has 0 aliphatic heterocycles. The van der Waals surface area contributed by atoms with Crippen molar-refractivity contribution >= 4 is 23.4 Å². The van der Waals surface area contributed by atoms with E-state index < -0.39 is 17.6 Å². The van der Waals surface area contributed by atoms with Crippen LogP contribution in [0.25, 0.3) is 0 Å². The first-order valence-electron chi connectivity index (χ1n) is 8.78. The molecule has 0 radical (unpaired) electrons. The van der Waals surface area contributed by atoms with Crippen LogP contribution in [0.2, 0.25) is 0 Å². The van der Waals surface area contributed by atoms with Crippen molar-refractivity contribution in [3.05, 3.63) is 48.0 Å². The first-order valence-corrected chi connectivity index (χ1v) is 8.78. The van der Waals surface area contributed by atoms with Crippen molar-refractivity contribution in [1.29, 1.82) is 0 Å². The summed E-state index contributed by atoms with van der Waals surface area (Å²) in [6.07, 6.45) is 0. The van der Waals surface area contributed by atoms with Crippen LogP contribution in [-0.4, -0.2) is 24.1 Å². The largest absolute Gasteiger partial charge is 0.459 e. The van der Waals surface area contributed by atoms with E-state index in [1.54, 1.807) is 57.2 Å². The summed E-state index contributed by atoms with van der Waals surface area (Å²) in [5.41, 5.74) is 12.2. The van der Waals surface area contributed by atoms with Crippen molar-refractivity contribution in [3.8, 4) is 11.5 Å². The van der Waals surface area contributed by atoms with Gasteiger partial charge >= 0.3 is 12.0 Å². The number of carbonyl (C=O) groups excluding carboxylic acids is 2. The Morgan fingerprint density at radius 3 is 2.36 bits per heavy atom. The van der Waals surface area contributed by atoms with Crippen molar-refractivity contribution in [2.24, 2.45) is 0 Å². The Hall–Kier alpha value is -3.26. The number of nitrogens with one attached hydrogen (secondary N) is 3. The molecule has 28 heavy (non-hydrogen) atoms. The summed E-state index contributed by atoms with van der Waals surface area (Å²) in [4.78, 5) is 23.4. The topological polar surface area (TPSA) is 115 Å². The van der Waals surface area contributed by atoms with Crippen LogP contribution in [0, 0.1) is 6.92 Å². The first kappa shape index (κ1) is 21.0. The molecule has 2 rings (SSSR count). The second-order valence-electron chi connectivity index (χ2n) is 7.17. The maximum atomic E-state index is 11.9. The summed E-state index contributed by atoms with van der Waals surface area (Å²) < 4.78 is 10.9. The van der Waals surface area contributed by atoms with E-state index >= 15 is 0 Å². The number of hydrogen-bond acceptors (Lipinski definition) is 6. The molecule has 0 saturated heterocycles. The molecule has 5 N–H and O–H groups in total. The van der Waals surface area contributed by atoms with Gasteiger partial charge in [0.25, 0.3) is 0 Å². The molecular weight excluding hydrogens is 360 g/mol. The fraction of sp³-hybridized carbons (Fsp3) is 0.300. The van der Waals surface area contributed by atoms with E-state index in [1.165, 1.54) is 0 Å². The molecule has 2 aromatic carbocycles. The van der Waals surface area contributed by atoms with E-state index in [2.05, 4.69) is 16.2 Å². The van der Waals surface area contributed by atoms with Gasteiger partial charge in [0, 0.05) is 11.4 Å². The predicted molar refractivity (Wildman–Crippen MR) is 108 cm³/mol. The molecule has 8 heteroatoms. The lowest BCUT2D eigenvalue weighted by molar-refractivity contribution is -0.153. The van der Waals surface area contributed by atoms with Gasteiger partial charge in [0.15, 0.2) is 0 Å². The Kier molecular flexibility index (Phi) is 6.84. The zero-order valence-corrected chi connectivity index (χ0v) is 16.5. The van der Waals surface area contributed by atoms with Gasteiger partial charge in [0.05, 0.1) is 0 Å². The summed E-state index contributed by atoms with van der Waals surface area (Å²) in [5, 5.41) is 2.64. The van der Waals surface area contributed by atoms with E-state index in [9.17, 15) is 9.59 Å². The number of ether oxygens (including phenoxy) is 2. The molecule has 150 valence electrons. The average Bonchev–Trinajstić information content (AvgIpc) is 2.57. The fourth-order valence-electron chi connectivity index (χ4n) is 2.26. The smallest absolute Gasteiger partial charge is 0.333 e. The molecule has 0 atom stereocenters. The number of amides is 2. The molecule has 0 aromatic heterocycles. The van der Waals surface area contributed by atoms with Gasteiger partial charge in [-0.1, -0.05) is 0 Å². The maximum Gasteiger partial charge on any atom is 0.333 e. The second-order valence-corrected chi connectivity index (χ2v) is 7.17. The highest BCUT2D eigenvalue weighted by Gasteiger charge is 2.15. The van der Waals surface area contributed by atoms with Crippen LogP contribution in [-0.2, 0) is 9.53 Å². The monoisotopic (exact) mass is 386 g/mol. The number of nitrogens with two attached hydrogens (primary N) is 1. The van der Waals surface area contributed by atoms with Gasteiger partial charge in [0.2, 0.25) is 0 Å². The molecule has 0 saturated carbocycles. The Balaban J connectivity index is 1.80. The number of carbonyl (C=O) groups is 2. The molecule has 0 bridgehead atoms. The van der Waals surface area contributed by atoms with Crippen LogP contribution in [0.1, 0.15) is 26.3 Å². The molecule has 0 spiro atoms.